The summed E-state index contributed by atoms with van der Waals surface area (Å²) in [6.45, 7) is 2.18. The summed E-state index contributed by atoms with van der Waals surface area (Å²) < 4.78 is 37.6. The van der Waals surface area contributed by atoms with Gasteiger partial charge in [-0.1, -0.05) is 6.07 Å². The molecular weight excluding hydrogens is 292 g/mol. The number of nitrogens with zero attached hydrogens (tertiary/aromatic N) is 1. The minimum atomic E-state index is -3.50. The van der Waals surface area contributed by atoms with Crippen LogP contribution in [-0.4, -0.2) is 52.2 Å². The molecule has 6 nitrogen and oxygen atoms in total. The second kappa shape index (κ2) is 5.66. The van der Waals surface area contributed by atoms with Gasteiger partial charge < -0.3 is 14.8 Å². The van der Waals surface area contributed by atoms with E-state index in [1.165, 1.54) is 9.87 Å². The summed E-state index contributed by atoms with van der Waals surface area (Å²) in [7, 11) is -0.346. The van der Waals surface area contributed by atoms with E-state index in [4.69, 9.17) is 9.47 Å². The highest BCUT2D eigenvalue weighted by molar-refractivity contribution is 7.89. The molecule has 2 heterocycles. The van der Waals surface area contributed by atoms with Crippen LogP contribution in [0.15, 0.2) is 23.1 Å². The molecule has 1 aromatic carbocycles. The van der Waals surface area contributed by atoms with Gasteiger partial charge in [0.05, 0.1) is 17.1 Å². The number of hydrogen-bond donors (Lipinski definition) is 1. The fourth-order valence-corrected chi connectivity index (χ4v) is 4.46. The maximum Gasteiger partial charge on any atom is 0.243 e. The van der Waals surface area contributed by atoms with Crippen LogP contribution in [0.25, 0.3) is 0 Å². The molecule has 116 valence electrons. The van der Waals surface area contributed by atoms with Crippen LogP contribution < -0.4 is 5.32 Å². The second-order valence-electron chi connectivity index (χ2n) is 5.40. The molecule has 2 atom stereocenters. The first kappa shape index (κ1) is 14.9. The fourth-order valence-electron chi connectivity index (χ4n) is 2.94. The molecule has 1 saturated heterocycles. The van der Waals surface area contributed by atoms with Crippen molar-refractivity contribution in [2.24, 2.45) is 0 Å². The van der Waals surface area contributed by atoms with E-state index in [2.05, 4.69) is 5.32 Å². The highest BCUT2D eigenvalue weighted by Gasteiger charge is 2.40. The molecule has 0 aliphatic carbocycles. The van der Waals surface area contributed by atoms with Crippen molar-refractivity contribution in [1.29, 1.82) is 0 Å². The number of sulfonamides is 1. The van der Waals surface area contributed by atoms with Crippen LogP contribution in [-0.2, 0) is 32.6 Å². The van der Waals surface area contributed by atoms with Crippen LogP contribution in [0.3, 0.4) is 0 Å². The highest BCUT2D eigenvalue weighted by Crippen LogP contribution is 2.26. The lowest BCUT2D eigenvalue weighted by Gasteiger charge is -2.16. The minimum absolute atomic E-state index is 0.221. The lowest BCUT2D eigenvalue weighted by molar-refractivity contribution is -0.00461. The summed E-state index contributed by atoms with van der Waals surface area (Å²) in [4.78, 5) is 0.344. The summed E-state index contributed by atoms with van der Waals surface area (Å²) >= 11 is 0. The van der Waals surface area contributed by atoms with Gasteiger partial charge in [-0.2, -0.15) is 4.31 Å². The molecule has 3 rings (SSSR count). The smallest absolute Gasteiger partial charge is 0.243 e. The van der Waals surface area contributed by atoms with Crippen molar-refractivity contribution in [3.63, 3.8) is 0 Å². The van der Waals surface area contributed by atoms with Crippen LogP contribution in [0.2, 0.25) is 0 Å². The van der Waals surface area contributed by atoms with Crippen molar-refractivity contribution in [3.8, 4) is 0 Å². The zero-order valence-electron chi connectivity index (χ0n) is 12.2. The monoisotopic (exact) mass is 312 g/mol. The summed E-state index contributed by atoms with van der Waals surface area (Å²) in [6.07, 6.45) is -0.443. The number of hydrogen-bond acceptors (Lipinski definition) is 5. The minimum Gasteiger partial charge on any atom is -0.377 e. The molecule has 0 spiro atoms. The quantitative estimate of drug-likeness (QED) is 0.867. The fraction of sp³-hybridized carbons (Fsp3) is 0.571. The lowest BCUT2D eigenvalue weighted by Crippen LogP contribution is -2.30. The number of rotatable bonds is 4. The van der Waals surface area contributed by atoms with Crippen LogP contribution in [0.5, 0.6) is 0 Å². The first-order chi connectivity index (χ1) is 10.1. The third-order valence-corrected chi connectivity index (χ3v) is 6.06. The van der Waals surface area contributed by atoms with E-state index >= 15 is 0 Å². The van der Waals surface area contributed by atoms with Crippen LogP contribution in [0.4, 0.5) is 0 Å². The third kappa shape index (κ3) is 2.60. The summed E-state index contributed by atoms with van der Waals surface area (Å²) in [5.74, 6) is 0. The average molecular weight is 312 g/mol. The SMILES string of the molecule is COC1CN(S(=O)(=O)c2ccc3c(c2)CNC3)CC1OC. The Morgan fingerprint density at radius 2 is 1.71 bits per heavy atom. The maximum absolute atomic E-state index is 12.8. The van der Waals surface area contributed by atoms with Gasteiger partial charge in [-0.3, -0.25) is 0 Å². The van der Waals surface area contributed by atoms with Gasteiger partial charge in [0.15, 0.2) is 0 Å². The predicted octanol–water partition coefficient (Wildman–Crippen LogP) is 0.324. The number of methoxy groups -OCH3 is 2. The number of benzene rings is 1. The molecule has 1 aromatic rings. The topological polar surface area (TPSA) is 67.9 Å². The Labute approximate surface area is 125 Å². The van der Waals surface area contributed by atoms with Crippen molar-refractivity contribution >= 4 is 10.0 Å². The zero-order chi connectivity index (χ0) is 15.0. The van der Waals surface area contributed by atoms with Crippen molar-refractivity contribution < 1.29 is 17.9 Å². The zero-order valence-corrected chi connectivity index (χ0v) is 13.0. The predicted molar refractivity (Wildman–Crippen MR) is 77.3 cm³/mol. The Kier molecular flexibility index (Phi) is 4.02. The average Bonchev–Trinajstić information content (AvgIpc) is 3.12. The Morgan fingerprint density at radius 1 is 1.10 bits per heavy atom. The molecule has 21 heavy (non-hydrogen) atoms. The van der Waals surface area contributed by atoms with Crippen LogP contribution >= 0.6 is 0 Å². The number of ether oxygens (including phenoxy) is 2. The van der Waals surface area contributed by atoms with E-state index in [1.54, 1.807) is 26.4 Å². The first-order valence-electron chi connectivity index (χ1n) is 6.94. The van der Waals surface area contributed by atoms with Gasteiger partial charge in [0.2, 0.25) is 10.0 Å². The second-order valence-corrected chi connectivity index (χ2v) is 7.34. The van der Waals surface area contributed by atoms with Gasteiger partial charge >= 0.3 is 0 Å². The maximum atomic E-state index is 12.8. The van der Waals surface area contributed by atoms with Crippen LogP contribution in [0.1, 0.15) is 11.1 Å². The van der Waals surface area contributed by atoms with Crippen LogP contribution in [0, 0.1) is 0 Å². The molecule has 1 fully saturated rings. The normalized spacial score (nSPS) is 26.2. The number of nitrogens with one attached hydrogen (secondary N) is 1. The van der Waals surface area contributed by atoms with E-state index < -0.39 is 10.0 Å². The van der Waals surface area contributed by atoms with E-state index in [0.717, 1.165) is 18.7 Å². The summed E-state index contributed by atoms with van der Waals surface area (Å²) in [5.41, 5.74) is 2.22. The molecule has 7 heteroatoms. The van der Waals surface area contributed by atoms with Gasteiger partial charge in [0.1, 0.15) is 0 Å². The van der Waals surface area contributed by atoms with Gasteiger partial charge in [0.25, 0.3) is 0 Å². The third-order valence-electron chi connectivity index (χ3n) is 4.23. The Balaban J connectivity index is 1.87. The largest absolute Gasteiger partial charge is 0.377 e. The van der Waals surface area contributed by atoms with Gasteiger partial charge in [-0.15, -0.1) is 0 Å². The van der Waals surface area contributed by atoms with Crippen molar-refractivity contribution in [3.05, 3.63) is 29.3 Å². The van der Waals surface area contributed by atoms with Crippen molar-refractivity contribution in [2.45, 2.75) is 30.2 Å². The molecule has 0 bridgehead atoms. The Bertz CT molecular complexity index is 620. The molecule has 0 radical (unpaired) electrons. The Hall–Kier alpha value is -0.990. The van der Waals surface area contributed by atoms with E-state index in [0.29, 0.717) is 18.0 Å². The molecule has 0 amide bonds. The van der Waals surface area contributed by atoms with E-state index in [-0.39, 0.29) is 12.2 Å². The highest BCUT2D eigenvalue weighted by atomic mass is 32.2. The van der Waals surface area contributed by atoms with Gasteiger partial charge in [0, 0.05) is 40.4 Å². The Morgan fingerprint density at radius 3 is 2.33 bits per heavy atom. The first-order valence-corrected chi connectivity index (χ1v) is 8.38. The van der Waals surface area contributed by atoms with E-state index in [9.17, 15) is 8.42 Å². The summed E-state index contributed by atoms with van der Waals surface area (Å²) in [5, 5.41) is 3.22. The van der Waals surface area contributed by atoms with Crippen molar-refractivity contribution in [2.75, 3.05) is 27.3 Å². The van der Waals surface area contributed by atoms with Crippen molar-refractivity contribution in [1.82, 2.24) is 9.62 Å². The number of fused-ring (bicyclic) bond motifs is 1. The standard InChI is InChI=1S/C14H20N2O4S/c1-19-13-8-16(9-14(13)20-2)21(17,18)12-4-3-10-6-15-7-11(10)5-12/h3-5,13-15H,6-9H2,1-2H3. The molecule has 0 saturated carbocycles. The lowest BCUT2D eigenvalue weighted by atomic mass is 10.1. The van der Waals surface area contributed by atoms with E-state index in [1.807, 2.05) is 6.07 Å². The molecular formula is C14H20N2O4S. The molecule has 2 aliphatic rings. The molecule has 2 unspecified atom stereocenters. The molecule has 2 aliphatic heterocycles. The molecule has 1 N–H and O–H groups in total. The van der Waals surface area contributed by atoms with Gasteiger partial charge in [-0.05, 0) is 23.3 Å². The van der Waals surface area contributed by atoms with Gasteiger partial charge in [-0.25, -0.2) is 8.42 Å². The summed E-state index contributed by atoms with van der Waals surface area (Å²) in [6, 6.07) is 5.34. The molecule has 0 aromatic heterocycles.